The zero-order valence-electron chi connectivity index (χ0n) is 14.4. The molecule has 1 aliphatic rings. The topological polar surface area (TPSA) is 29.3 Å². The van der Waals surface area contributed by atoms with Crippen LogP contribution in [0.5, 0.6) is 0 Å². The van der Waals surface area contributed by atoms with E-state index in [1.54, 1.807) is 23.5 Å². The number of thiazole rings is 1. The number of rotatable bonds is 3. The van der Waals surface area contributed by atoms with E-state index in [2.05, 4.69) is 23.6 Å². The summed E-state index contributed by atoms with van der Waals surface area (Å²) in [6, 6.07) is 5.19. The highest BCUT2D eigenvalue weighted by Crippen LogP contribution is 2.39. The third kappa shape index (κ3) is 2.93. The molecule has 0 radical (unpaired) electrons. The first kappa shape index (κ1) is 16.9. The first-order valence-electron chi connectivity index (χ1n) is 8.75. The number of halogens is 2. The van der Waals surface area contributed by atoms with Crippen LogP contribution in [0.15, 0.2) is 18.2 Å². The minimum atomic E-state index is -0.334. The Balaban J connectivity index is 1.90. The molecule has 1 fully saturated rings. The molecule has 1 N–H and O–H groups in total. The lowest BCUT2D eigenvalue weighted by atomic mass is 9.95. The number of nitrogens with zero attached hydrogens (tertiary/aromatic N) is 2. The maximum absolute atomic E-state index is 14.6. The molecule has 1 aromatic carbocycles. The van der Waals surface area contributed by atoms with Gasteiger partial charge in [0.2, 0.25) is 0 Å². The molecule has 2 heterocycles. The van der Waals surface area contributed by atoms with Crippen LogP contribution in [0, 0.1) is 19.7 Å². The molecule has 6 heteroatoms. The van der Waals surface area contributed by atoms with Crippen molar-refractivity contribution in [1.29, 1.82) is 0 Å². The number of hydrogen-bond acceptors (Lipinski definition) is 3. The molecular formula is C19H21ClFN3S. The molecule has 4 rings (SSSR count). The van der Waals surface area contributed by atoms with Crippen molar-refractivity contribution in [3.63, 3.8) is 0 Å². The number of hydrogen-bond donors (Lipinski definition) is 1. The number of fused-ring (bicyclic) bond motifs is 1. The summed E-state index contributed by atoms with van der Waals surface area (Å²) >= 11 is 7.96. The highest BCUT2D eigenvalue weighted by Gasteiger charge is 2.25. The molecule has 1 saturated carbocycles. The van der Waals surface area contributed by atoms with Crippen molar-refractivity contribution >= 4 is 33.7 Å². The average molecular weight is 378 g/mol. The van der Waals surface area contributed by atoms with Crippen LogP contribution in [-0.4, -0.2) is 15.4 Å². The Morgan fingerprint density at radius 3 is 2.72 bits per heavy atom. The van der Waals surface area contributed by atoms with Crippen LogP contribution < -0.4 is 5.32 Å². The van der Waals surface area contributed by atoms with E-state index in [1.807, 2.05) is 0 Å². The van der Waals surface area contributed by atoms with Gasteiger partial charge in [-0.25, -0.2) is 9.37 Å². The van der Waals surface area contributed by atoms with Crippen molar-refractivity contribution < 1.29 is 4.39 Å². The summed E-state index contributed by atoms with van der Waals surface area (Å²) in [6.45, 7) is 4.17. The summed E-state index contributed by atoms with van der Waals surface area (Å²) < 4.78 is 16.7. The van der Waals surface area contributed by atoms with Crippen LogP contribution in [-0.2, 0) is 0 Å². The van der Waals surface area contributed by atoms with E-state index in [9.17, 15) is 4.39 Å². The number of aryl methyl sites for hydroxylation is 2. The van der Waals surface area contributed by atoms with E-state index in [0.717, 1.165) is 29.3 Å². The van der Waals surface area contributed by atoms with Gasteiger partial charge >= 0.3 is 0 Å². The highest BCUT2D eigenvalue weighted by molar-refractivity contribution is 7.17. The molecule has 0 aliphatic heterocycles. The predicted octanol–water partition coefficient (Wildman–Crippen LogP) is 6.22. The lowest BCUT2D eigenvalue weighted by molar-refractivity contribution is 0.461. The van der Waals surface area contributed by atoms with Gasteiger partial charge in [0, 0.05) is 16.6 Å². The Hall–Kier alpha value is -1.59. The van der Waals surface area contributed by atoms with Crippen molar-refractivity contribution in [2.45, 2.75) is 52.0 Å². The summed E-state index contributed by atoms with van der Waals surface area (Å²) in [5.41, 5.74) is 2.14. The van der Waals surface area contributed by atoms with Crippen LogP contribution >= 0.6 is 22.9 Å². The van der Waals surface area contributed by atoms with Crippen molar-refractivity contribution in [3.8, 4) is 11.3 Å². The maximum atomic E-state index is 14.6. The molecular weight excluding hydrogens is 357 g/mol. The van der Waals surface area contributed by atoms with Gasteiger partial charge in [-0.2, -0.15) is 0 Å². The Morgan fingerprint density at radius 1 is 1.24 bits per heavy atom. The molecule has 25 heavy (non-hydrogen) atoms. The number of nitrogens with one attached hydrogen (secondary N) is 1. The summed E-state index contributed by atoms with van der Waals surface area (Å²) in [7, 11) is 0. The molecule has 1 aliphatic carbocycles. The largest absolute Gasteiger partial charge is 0.367 e. The second-order valence-electron chi connectivity index (χ2n) is 6.75. The first-order chi connectivity index (χ1) is 12.1. The van der Waals surface area contributed by atoms with Crippen molar-refractivity contribution in [1.82, 2.24) is 9.38 Å². The quantitative estimate of drug-likeness (QED) is 0.587. The molecule has 2 aromatic heterocycles. The fraction of sp³-hybridized carbons (Fsp3) is 0.421. The van der Waals surface area contributed by atoms with Gasteiger partial charge in [-0.15, -0.1) is 11.3 Å². The van der Waals surface area contributed by atoms with Gasteiger partial charge in [0.1, 0.15) is 17.3 Å². The second-order valence-corrected chi connectivity index (χ2v) is 8.34. The fourth-order valence-corrected chi connectivity index (χ4v) is 4.84. The molecule has 0 amide bonds. The summed E-state index contributed by atoms with van der Waals surface area (Å²) in [4.78, 5) is 6.85. The van der Waals surface area contributed by atoms with Gasteiger partial charge in [-0.3, -0.25) is 4.40 Å². The standard InChI is InChI=1S/C19H21ClFN3S/c1-11-12(2)25-19-23-17(16-14(20)9-6-10-15(16)21)18(24(11)19)22-13-7-4-3-5-8-13/h6,9-10,13,22H,3-5,7-8H2,1-2H3. The molecule has 132 valence electrons. The molecule has 3 nitrogen and oxygen atoms in total. The Bertz CT molecular complexity index is 904. The minimum Gasteiger partial charge on any atom is -0.367 e. The molecule has 0 unspecified atom stereocenters. The van der Waals surface area contributed by atoms with E-state index in [1.165, 1.54) is 30.2 Å². The predicted molar refractivity (Wildman–Crippen MR) is 103 cm³/mol. The van der Waals surface area contributed by atoms with Crippen molar-refractivity contribution in [2.75, 3.05) is 5.32 Å². The van der Waals surface area contributed by atoms with E-state index in [4.69, 9.17) is 16.6 Å². The van der Waals surface area contributed by atoms with Crippen LogP contribution in [0.3, 0.4) is 0 Å². The summed E-state index contributed by atoms with van der Waals surface area (Å²) in [5.74, 6) is 0.537. The SMILES string of the molecule is Cc1sc2nc(-c3c(F)cccc3Cl)c(NC3CCCCC3)n2c1C. The van der Waals surface area contributed by atoms with E-state index >= 15 is 0 Å². The minimum absolute atomic E-state index is 0.334. The monoisotopic (exact) mass is 377 g/mol. The Morgan fingerprint density at radius 2 is 2.00 bits per heavy atom. The lowest BCUT2D eigenvalue weighted by Gasteiger charge is -2.24. The number of anilines is 1. The van der Waals surface area contributed by atoms with Gasteiger partial charge in [-0.1, -0.05) is 36.9 Å². The van der Waals surface area contributed by atoms with E-state index in [-0.39, 0.29) is 5.82 Å². The molecule has 0 saturated heterocycles. The average Bonchev–Trinajstić information content (AvgIpc) is 3.06. The number of aromatic nitrogens is 2. The molecule has 0 bridgehead atoms. The number of benzene rings is 1. The Labute approximate surface area is 155 Å². The third-order valence-electron chi connectivity index (χ3n) is 5.08. The fourth-order valence-electron chi connectivity index (χ4n) is 3.62. The van der Waals surface area contributed by atoms with Crippen molar-refractivity contribution in [3.05, 3.63) is 39.6 Å². The zero-order valence-corrected chi connectivity index (χ0v) is 16.0. The summed E-state index contributed by atoms with van der Waals surface area (Å²) in [5, 5.41) is 4.06. The molecule has 0 atom stereocenters. The van der Waals surface area contributed by atoms with Gasteiger partial charge in [0.15, 0.2) is 4.96 Å². The summed E-state index contributed by atoms with van der Waals surface area (Å²) in [6.07, 6.45) is 6.04. The van der Waals surface area contributed by atoms with Gasteiger partial charge in [0.05, 0.1) is 10.6 Å². The normalized spacial score (nSPS) is 15.8. The smallest absolute Gasteiger partial charge is 0.196 e. The maximum Gasteiger partial charge on any atom is 0.196 e. The second kappa shape index (κ2) is 6.61. The third-order valence-corrected chi connectivity index (χ3v) is 6.45. The number of imidazole rings is 1. The molecule has 0 spiro atoms. The highest BCUT2D eigenvalue weighted by atomic mass is 35.5. The van der Waals surface area contributed by atoms with E-state index < -0.39 is 0 Å². The lowest BCUT2D eigenvalue weighted by Crippen LogP contribution is -2.23. The first-order valence-corrected chi connectivity index (χ1v) is 9.95. The molecule has 3 aromatic rings. The van der Waals surface area contributed by atoms with Crippen molar-refractivity contribution in [2.24, 2.45) is 0 Å². The van der Waals surface area contributed by atoms with Gasteiger partial charge in [-0.05, 0) is 38.8 Å². The van der Waals surface area contributed by atoms with Crippen LogP contribution in [0.2, 0.25) is 5.02 Å². The zero-order chi connectivity index (χ0) is 17.6. The van der Waals surface area contributed by atoms with Gasteiger partial charge in [0.25, 0.3) is 0 Å². The Kier molecular flexibility index (Phi) is 4.46. The van der Waals surface area contributed by atoms with Gasteiger partial charge < -0.3 is 5.32 Å². The van der Waals surface area contributed by atoms with Crippen LogP contribution in [0.4, 0.5) is 10.2 Å². The van der Waals surface area contributed by atoms with Crippen LogP contribution in [0.1, 0.15) is 42.7 Å². The van der Waals surface area contributed by atoms with Crippen LogP contribution in [0.25, 0.3) is 16.2 Å². The van der Waals surface area contributed by atoms with E-state index in [0.29, 0.717) is 22.3 Å².